The predicted molar refractivity (Wildman–Crippen MR) is 118 cm³/mol. The molecular weight excluding hydrogens is 400 g/mol. The number of hydrogen-bond donors (Lipinski definition) is 0. The molecule has 1 saturated heterocycles. The molecule has 2 heterocycles. The molecule has 0 unspecified atom stereocenters. The zero-order chi connectivity index (χ0) is 21.3. The molecule has 2 amide bonds. The first-order valence-electron chi connectivity index (χ1n) is 10.5. The van der Waals surface area contributed by atoms with Crippen LogP contribution >= 0.6 is 11.3 Å². The van der Waals surface area contributed by atoms with Gasteiger partial charge in [0, 0.05) is 30.9 Å². The van der Waals surface area contributed by atoms with Crippen molar-refractivity contribution in [2.24, 2.45) is 0 Å². The van der Waals surface area contributed by atoms with E-state index < -0.39 is 0 Å². The number of benzene rings is 1. The number of ether oxygens (including phenoxy) is 2. The molecule has 162 valence electrons. The Bertz CT molecular complexity index is 838. The van der Waals surface area contributed by atoms with E-state index in [1.807, 2.05) is 42.6 Å². The van der Waals surface area contributed by atoms with Gasteiger partial charge in [-0.2, -0.15) is 0 Å². The van der Waals surface area contributed by atoms with Crippen LogP contribution in [0.1, 0.15) is 43.0 Å². The molecule has 7 heteroatoms. The van der Waals surface area contributed by atoms with Gasteiger partial charge in [-0.25, -0.2) is 0 Å². The Morgan fingerprint density at radius 2 is 2.07 bits per heavy atom. The number of likely N-dealkylation sites (tertiary alicyclic amines) is 1. The Labute approximate surface area is 182 Å². The lowest BCUT2D eigenvalue weighted by atomic mass is 10.2. The van der Waals surface area contributed by atoms with Gasteiger partial charge in [0.2, 0.25) is 11.8 Å². The van der Waals surface area contributed by atoms with Gasteiger partial charge in [-0.15, -0.1) is 11.3 Å². The lowest BCUT2D eigenvalue weighted by Gasteiger charge is -2.26. The van der Waals surface area contributed by atoms with Crippen molar-refractivity contribution in [3.05, 3.63) is 46.2 Å². The summed E-state index contributed by atoms with van der Waals surface area (Å²) >= 11 is 1.65. The molecule has 1 aromatic carbocycles. The van der Waals surface area contributed by atoms with Crippen LogP contribution in [0.4, 0.5) is 0 Å². The van der Waals surface area contributed by atoms with E-state index in [2.05, 4.69) is 0 Å². The minimum Gasteiger partial charge on any atom is -0.493 e. The third-order valence-corrected chi connectivity index (χ3v) is 6.13. The average molecular weight is 431 g/mol. The highest BCUT2D eigenvalue weighted by atomic mass is 32.1. The molecule has 30 heavy (non-hydrogen) atoms. The second-order valence-corrected chi connectivity index (χ2v) is 8.42. The number of amides is 2. The van der Waals surface area contributed by atoms with E-state index in [1.165, 1.54) is 0 Å². The molecule has 3 rings (SSSR count). The van der Waals surface area contributed by atoms with Crippen LogP contribution in [0.5, 0.6) is 11.5 Å². The van der Waals surface area contributed by atoms with Crippen molar-refractivity contribution >= 4 is 23.2 Å². The average Bonchev–Trinajstić information content (AvgIpc) is 3.20. The Balaban J connectivity index is 1.62. The maximum absolute atomic E-state index is 12.8. The van der Waals surface area contributed by atoms with Crippen LogP contribution < -0.4 is 9.47 Å². The number of hydrogen-bond acceptors (Lipinski definition) is 5. The van der Waals surface area contributed by atoms with Gasteiger partial charge in [0.1, 0.15) is 6.61 Å². The van der Waals surface area contributed by atoms with Gasteiger partial charge in [-0.3, -0.25) is 9.59 Å². The second kappa shape index (κ2) is 11.0. The molecule has 0 bridgehead atoms. The highest BCUT2D eigenvalue weighted by Gasteiger charge is 2.22. The van der Waals surface area contributed by atoms with Crippen molar-refractivity contribution < 1.29 is 19.1 Å². The molecule has 2 aromatic rings. The lowest BCUT2D eigenvalue weighted by Crippen LogP contribution is -2.42. The summed E-state index contributed by atoms with van der Waals surface area (Å²) in [5, 5.41) is 2.02. The van der Waals surface area contributed by atoms with Crippen LogP contribution in [0.15, 0.2) is 35.7 Å². The Kier molecular flexibility index (Phi) is 8.13. The van der Waals surface area contributed by atoms with Gasteiger partial charge >= 0.3 is 0 Å². The Hall–Kier alpha value is -2.54. The maximum atomic E-state index is 12.8. The minimum absolute atomic E-state index is 0.0234. The van der Waals surface area contributed by atoms with Gasteiger partial charge in [-0.1, -0.05) is 18.6 Å². The number of carbonyl (C=O) groups excluding carboxylic acids is 2. The van der Waals surface area contributed by atoms with E-state index >= 15 is 0 Å². The number of methoxy groups -OCH3 is 1. The van der Waals surface area contributed by atoms with Gasteiger partial charge in [0.15, 0.2) is 11.5 Å². The molecule has 0 radical (unpaired) electrons. The second-order valence-electron chi connectivity index (χ2n) is 7.39. The molecular formula is C23H30N2O4S. The summed E-state index contributed by atoms with van der Waals surface area (Å²) < 4.78 is 11.4. The number of rotatable bonds is 9. The normalized spacial score (nSPS) is 14.3. The molecule has 0 N–H and O–H groups in total. The van der Waals surface area contributed by atoms with Crippen molar-refractivity contribution in [1.29, 1.82) is 0 Å². The molecule has 0 atom stereocenters. The van der Waals surface area contributed by atoms with E-state index in [4.69, 9.17) is 9.47 Å². The molecule has 6 nitrogen and oxygen atoms in total. The third kappa shape index (κ3) is 5.98. The predicted octanol–water partition coefficient (Wildman–Crippen LogP) is 4.09. The highest BCUT2D eigenvalue weighted by Crippen LogP contribution is 2.30. The number of nitrogens with zero attached hydrogens (tertiary/aromatic N) is 2. The minimum atomic E-state index is -0.0234. The first kappa shape index (κ1) is 22.2. The number of carbonyl (C=O) groups is 2. The van der Waals surface area contributed by atoms with E-state index in [0.29, 0.717) is 44.2 Å². The smallest absolute Gasteiger partial charge is 0.242 e. The molecule has 1 aromatic heterocycles. The lowest BCUT2D eigenvalue weighted by molar-refractivity contribution is -0.140. The summed E-state index contributed by atoms with van der Waals surface area (Å²) in [5.41, 5.74) is 0.965. The fourth-order valence-electron chi connectivity index (χ4n) is 3.54. The highest BCUT2D eigenvalue weighted by molar-refractivity contribution is 7.09. The summed E-state index contributed by atoms with van der Waals surface area (Å²) in [6, 6.07) is 9.79. The van der Waals surface area contributed by atoms with Crippen LogP contribution in [-0.2, 0) is 22.7 Å². The van der Waals surface area contributed by atoms with E-state index in [0.717, 1.165) is 29.7 Å². The molecule has 1 aliphatic rings. The summed E-state index contributed by atoms with van der Waals surface area (Å²) in [5.74, 6) is 1.39. The molecule has 0 spiro atoms. The Morgan fingerprint density at radius 3 is 2.80 bits per heavy atom. The van der Waals surface area contributed by atoms with Crippen molar-refractivity contribution in [2.45, 2.75) is 45.8 Å². The SMILES string of the molecule is CCN(Cc1ccc(OCc2cccs2)c(OC)c1)C(=O)CN1CCCCCC1=O. The van der Waals surface area contributed by atoms with Crippen molar-refractivity contribution in [3.8, 4) is 11.5 Å². The Morgan fingerprint density at radius 1 is 1.20 bits per heavy atom. The van der Waals surface area contributed by atoms with Crippen molar-refractivity contribution in [2.75, 3.05) is 26.7 Å². The fourth-order valence-corrected chi connectivity index (χ4v) is 4.15. The quantitative estimate of drug-likeness (QED) is 0.601. The zero-order valence-electron chi connectivity index (χ0n) is 17.8. The van der Waals surface area contributed by atoms with Gasteiger partial charge in [-0.05, 0) is 48.9 Å². The standard InChI is InChI=1S/C23H30N2O4S/c1-3-24(23(27)16-25-12-6-4-5-9-22(25)26)15-18-10-11-20(21(14-18)28-2)29-17-19-8-7-13-30-19/h7-8,10-11,13-14H,3-6,9,12,15-17H2,1-2H3. The van der Waals surface area contributed by atoms with Crippen LogP contribution in [-0.4, -0.2) is 48.4 Å². The van der Waals surface area contributed by atoms with Crippen LogP contribution in [0.3, 0.4) is 0 Å². The number of thiophene rings is 1. The van der Waals surface area contributed by atoms with Crippen LogP contribution in [0, 0.1) is 0 Å². The van der Waals surface area contributed by atoms with Gasteiger partial charge in [0.25, 0.3) is 0 Å². The van der Waals surface area contributed by atoms with Crippen molar-refractivity contribution in [3.63, 3.8) is 0 Å². The number of likely N-dealkylation sites (N-methyl/N-ethyl adjacent to an activating group) is 1. The van der Waals surface area contributed by atoms with E-state index in [-0.39, 0.29) is 18.4 Å². The molecule has 0 aliphatic carbocycles. The molecule has 1 aliphatic heterocycles. The zero-order valence-corrected chi connectivity index (χ0v) is 18.6. The van der Waals surface area contributed by atoms with E-state index in [1.54, 1.807) is 28.2 Å². The molecule has 0 saturated carbocycles. The summed E-state index contributed by atoms with van der Waals surface area (Å²) in [6.07, 6.45) is 3.48. The first-order valence-corrected chi connectivity index (χ1v) is 11.4. The monoisotopic (exact) mass is 430 g/mol. The topological polar surface area (TPSA) is 59.1 Å². The summed E-state index contributed by atoms with van der Waals surface area (Å²) in [7, 11) is 1.62. The maximum Gasteiger partial charge on any atom is 0.242 e. The first-order chi connectivity index (χ1) is 14.6. The van der Waals surface area contributed by atoms with E-state index in [9.17, 15) is 9.59 Å². The van der Waals surface area contributed by atoms with Gasteiger partial charge in [0.05, 0.1) is 13.7 Å². The summed E-state index contributed by atoms with van der Waals surface area (Å²) in [4.78, 5) is 29.7. The third-order valence-electron chi connectivity index (χ3n) is 5.28. The van der Waals surface area contributed by atoms with Crippen molar-refractivity contribution in [1.82, 2.24) is 9.80 Å². The van der Waals surface area contributed by atoms with Gasteiger partial charge < -0.3 is 19.3 Å². The largest absolute Gasteiger partial charge is 0.493 e. The summed E-state index contributed by atoms with van der Waals surface area (Å²) in [6.45, 7) is 4.34. The van der Waals surface area contributed by atoms with Crippen LogP contribution in [0.2, 0.25) is 0 Å². The van der Waals surface area contributed by atoms with Crippen LogP contribution in [0.25, 0.3) is 0 Å². The molecule has 1 fully saturated rings. The fraction of sp³-hybridized carbons (Fsp3) is 0.478.